The number of amides is 1. The van der Waals surface area contributed by atoms with Crippen LogP contribution in [-0.4, -0.2) is 63.6 Å². The van der Waals surface area contributed by atoms with E-state index in [2.05, 4.69) is 19.2 Å². The van der Waals surface area contributed by atoms with Crippen LogP contribution in [0.1, 0.15) is 49.0 Å². The lowest BCUT2D eigenvalue weighted by Gasteiger charge is -2.34. The fraction of sp³-hybridized carbons (Fsp3) is 0.636. The molecule has 0 unspecified atom stereocenters. The SMILES string of the molecule is Cc1ccc(C(=O)OCC(=O)N[C@H]2CCC[C@@H](C)[C@@H]2C)cc1S(=O)(=O)N1CCOCC1. The zero-order valence-electron chi connectivity index (χ0n) is 18.4. The zero-order valence-corrected chi connectivity index (χ0v) is 19.2. The van der Waals surface area contributed by atoms with Crippen LogP contribution in [-0.2, 0) is 24.3 Å². The van der Waals surface area contributed by atoms with Crippen molar-refractivity contribution >= 4 is 21.9 Å². The van der Waals surface area contributed by atoms with Gasteiger partial charge in [-0.05, 0) is 42.9 Å². The Morgan fingerprint density at radius 1 is 1.19 bits per heavy atom. The molecule has 1 saturated carbocycles. The van der Waals surface area contributed by atoms with E-state index >= 15 is 0 Å². The van der Waals surface area contributed by atoms with E-state index in [0.717, 1.165) is 19.3 Å². The van der Waals surface area contributed by atoms with E-state index in [4.69, 9.17) is 9.47 Å². The van der Waals surface area contributed by atoms with E-state index in [1.807, 2.05) is 0 Å². The van der Waals surface area contributed by atoms with Crippen molar-refractivity contribution in [3.63, 3.8) is 0 Å². The second-order valence-electron chi connectivity index (χ2n) is 8.51. The molecule has 1 saturated heterocycles. The number of benzene rings is 1. The molecular formula is C22H32N2O6S. The highest BCUT2D eigenvalue weighted by molar-refractivity contribution is 7.89. The number of hydrogen-bond donors (Lipinski definition) is 1. The lowest BCUT2D eigenvalue weighted by molar-refractivity contribution is -0.125. The van der Waals surface area contributed by atoms with Crippen molar-refractivity contribution < 1.29 is 27.5 Å². The van der Waals surface area contributed by atoms with E-state index in [0.29, 0.717) is 30.6 Å². The van der Waals surface area contributed by atoms with Crippen LogP contribution in [0.25, 0.3) is 0 Å². The molecule has 1 aromatic rings. The maximum absolute atomic E-state index is 13.0. The van der Waals surface area contributed by atoms with Gasteiger partial charge in [-0.2, -0.15) is 4.31 Å². The number of carbonyl (C=O) groups excluding carboxylic acids is 2. The topological polar surface area (TPSA) is 102 Å². The molecule has 3 atom stereocenters. The summed E-state index contributed by atoms with van der Waals surface area (Å²) in [6, 6.07) is 4.50. The number of ether oxygens (including phenoxy) is 2. The van der Waals surface area contributed by atoms with Crippen molar-refractivity contribution in [3.05, 3.63) is 29.3 Å². The van der Waals surface area contributed by atoms with Crippen LogP contribution in [0, 0.1) is 18.8 Å². The molecule has 0 aromatic heterocycles. The first-order valence-corrected chi connectivity index (χ1v) is 12.3. The van der Waals surface area contributed by atoms with Crippen LogP contribution in [0.5, 0.6) is 0 Å². The predicted octanol–water partition coefficient (Wildman–Crippen LogP) is 2.11. The number of aryl methyl sites for hydroxylation is 1. The first kappa shape index (κ1) is 23.7. The van der Waals surface area contributed by atoms with Gasteiger partial charge in [0, 0.05) is 19.1 Å². The summed E-state index contributed by atoms with van der Waals surface area (Å²) in [7, 11) is -3.74. The summed E-state index contributed by atoms with van der Waals surface area (Å²) in [4.78, 5) is 24.8. The Morgan fingerprint density at radius 3 is 2.61 bits per heavy atom. The highest BCUT2D eigenvalue weighted by Crippen LogP contribution is 2.29. The number of nitrogens with one attached hydrogen (secondary N) is 1. The van der Waals surface area contributed by atoms with Gasteiger partial charge in [0.15, 0.2) is 6.61 Å². The molecule has 2 aliphatic rings. The average molecular weight is 453 g/mol. The smallest absolute Gasteiger partial charge is 0.338 e. The summed E-state index contributed by atoms with van der Waals surface area (Å²) in [6.07, 6.45) is 3.15. The summed E-state index contributed by atoms with van der Waals surface area (Å²) >= 11 is 0. The standard InChI is InChI=1S/C22H32N2O6S/c1-15-5-4-6-19(17(15)3)23-21(25)14-30-22(26)18-8-7-16(2)20(13-18)31(27,28)24-9-11-29-12-10-24/h7-8,13,15,17,19H,4-6,9-12,14H2,1-3H3,(H,23,25)/t15-,17+,19+/m1/s1. The number of esters is 1. The van der Waals surface area contributed by atoms with Gasteiger partial charge in [0.25, 0.3) is 5.91 Å². The molecule has 1 amide bonds. The van der Waals surface area contributed by atoms with Crippen LogP contribution in [0.15, 0.2) is 23.1 Å². The molecule has 3 rings (SSSR count). The number of rotatable bonds is 6. The number of nitrogens with zero attached hydrogens (tertiary/aromatic N) is 1. The van der Waals surface area contributed by atoms with Gasteiger partial charge in [0.2, 0.25) is 10.0 Å². The molecular weight excluding hydrogens is 420 g/mol. The van der Waals surface area contributed by atoms with Crippen LogP contribution in [0.4, 0.5) is 0 Å². The van der Waals surface area contributed by atoms with Gasteiger partial charge in [-0.25, -0.2) is 13.2 Å². The van der Waals surface area contributed by atoms with Gasteiger partial charge in [0.05, 0.1) is 23.7 Å². The molecule has 1 aliphatic heterocycles. The first-order chi connectivity index (χ1) is 14.7. The van der Waals surface area contributed by atoms with Crippen molar-refractivity contribution in [1.29, 1.82) is 0 Å². The minimum atomic E-state index is -3.74. The molecule has 0 spiro atoms. The van der Waals surface area contributed by atoms with Gasteiger partial charge < -0.3 is 14.8 Å². The Kier molecular flexibility index (Phi) is 7.72. The quantitative estimate of drug-likeness (QED) is 0.664. The maximum Gasteiger partial charge on any atom is 0.338 e. The highest BCUT2D eigenvalue weighted by Gasteiger charge is 2.30. The fourth-order valence-corrected chi connectivity index (χ4v) is 5.84. The van der Waals surface area contributed by atoms with E-state index in [1.54, 1.807) is 13.0 Å². The molecule has 0 bridgehead atoms. The average Bonchev–Trinajstić information content (AvgIpc) is 2.76. The summed E-state index contributed by atoms with van der Waals surface area (Å²) in [6.45, 7) is 6.83. The molecule has 9 heteroatoms. The van der Waals surface area contributed by atoms with Gasteiger partial charge in [-0.15, -0.1) is 0 Å². The van der Waals surface area contributed by atoms with E-state index in [-0.39, 0.29) is 35.5 Å². The van der Waals surface area contributed by atoms with Gasteiger partial charge >= 0.3 is 5.97 Å². The fourth-order valence-electron chi connectivity index (χ4n) is 4.18. The lowest BCUT2D eigenvalue weighted by atomic mass is 9.78. The number of hydrogen-bond acceptors (Lipinski definition) is 6. The van der Waals surface area contributed by atoms with E-state index in [9.17, 15) is 18.0 Å². The molecule has 2 fully saturated rings. The molecule has 1 aromatic carbocycles. The molecule has 172 valence electrons. The van der Waals surface area contributed by atoms with Crippen LogP contribution in [0.2, 0.25) is 0 Å². The minimum Gasteiger partial charge on any atom is -0.452 e. The lowest BCUT2D eigenvalue weighted by Crippen LogP contribution is -2.45. The van der Waals surface area contributed by atoms with Crippen molar-refractivity contribution in [2.45, 2.75) is 51.0 Å². The third-order valence-electron chi connectivity index (χ3n) is 6.40. The van der Waals surface area contributed by atoms with Crippen molar-refractivity contribution in [1.82, 2.24) is 9.62 Å². The molecule has 31 heavy (non-hydrogen) atoms. The predicted molar refractivity (Wildman–Crippen MR) is 115 cm³/mol. The Labute approximate surface area is 184 Å². The normalized spacial score (nSPS) is 25.1. The summed E-state index contributed by atoms with van der Waals surface area (Å²) in [5, 5.41) is 2.96. The second kappa shape index (κ2) is 10.1. The Bertz CT molecular complexity index is 911. The Morgan fingerprint density at radius 2 is 1.90 bits per heavy atom. The minimum absolute atomic E-state index is 0.0679. The third kappa shape index (κ3) is 5.64. The third-order valence-corrected chi connectivity index (χ3v) is 8.44. The number of sulfonamides is 1. The summed E-state index contributed by atoms with van der Waals surface area (Å²) in [5.74, 6) is -0.148. The monoisotopic (exact) mass is 452 g/mol. The van der Waals surface area contributed by atoms with Crippen LogP contribution >= 0.6 is 0 Å². The van der Waals surface area contributed by atoms with Crippen LogP contribution in [0.3, 0.4) is 0 Å². The van der Waals surface area contributed by atoms with Gasteiger partial charge in [0.1, 0.15) is 0 Å². The second-order valence-corrected chi connectivity index (χ2v) is 10.4. The summed E-state index contributed by atoms with van der Waals surface area (Å²) in [5.41, 5.74) is 0.645. The maximum atomic E-state index is 13.0. The Balaban J connectivity index is 1.63. The summed E-state index contributed by atoms with van der Waals surface area (Å²) < 4.78 is 37.7. The Hall–Kier alpha value is -1.97. The molecule has 0 radical (unpaired) electrons. The zero-order chi connectivity index (χ0) is 22.6. The van der Waals surface area contributed by atoms with E-state index < -0.39 is 22.6 Å². The largest absolute Gasteiger partial charge is 0.452 e. The van der Waals surface area contributed by atoms with E-state index in [1.165, 1.54) is 16.4 Å². The van der Waals surface area contributed by atoms with Crippen molar-refractivity contribution in [3.8, 4) is 0 Å². The molecule has 1 N–H and O–H groups in total. The molecule has 1 aliphatic carbocycles. The van der Waals surface area contributed by atoms with Gasteiger partial charge in [-0.1, -0.05) is 32.8 Å². The first-order valence-electron chi connectivity index (χ1n) is 10.8. The van der Waals surface area contributed by atoms with Crippen molar-refractivity contribution in [2.24, 2.45) is 11.8 Å². The molecule has 8 nitrogen and oxygen atoms in total. The van der Waals surface area contributed by atoms with Gasteiger partial charge in [-0.3, -0.25) is 4.79 Å². The number of carbonyl (C=O) groups is 2. The highest BCUT2D eigenvalue weighted by atomic mass is 32.2. The van der Waals surface area contributed by atoms with Crippen LogP contribution < -0.4 is 5.32 Å². The number of morpholine rings is 1. The molecule has 1 heterocycles. The van der Waals surface area contributed by atoms with Crippen molar-refractivity contribution in [2.75, 3.05) is 32.9 Å².